The summed E-state index contributed by atoms with van der Waals surface area (Å²) in [5.74, 6) is -1.92. The summed E-state index contributed by atoms with van der Waals surface area (Å²) >= 11 is 0. The van der Waals surface area contributed by atoms with Gasteiger partial charge in [0.15, 0.2) is 0 Å². The molecule has 1 saturated heterocycles. The smallest absolute Gasteiger partial charge is 0.340 e. The minimum absolute atomic E-state index is 0.00859. The number of anilines is 2. The van der Waals surface area contributed by atoms with Crippen molar-refractivity contribution in [3.05, 3.63) is 23.5 Å². The highest BCUT2D eigenvalue weighted by Crippen LogP contribution is 2.32. The summed E-state index contributed by atoms with van der Waals surface area (Å²) in [6, 6.07) is 2.76. The zero-order valence-corrected chi connectivity index (χ0v) is 11.6. The number of aromatic carboxylic acids is 1. The molecule has 0 saturated carbocycles. The average Bonchev–Trinajstić information content (AvgIpc) is 2.41. The quantitative estimate of drug-likeness (QED) is 0.830. The van der Waals surface area contributed by atoms with Gasteiger partial charge < -0.3 is 20.5 Å². The van der Waals surface area contributed by atoms with Crippen molar-refractivity contribution in [2.45, 2.75) is 32.4 Å². The first kappa shape index (κ1) is 14.6. The second-order valence-corrected chi connectivity index (χ2v) is 5.02. The molecule has 1 aromatic rings. The summed E-state index contributed by atoms with van der Waals surface area (Å²) in [7, 11) is 0. The number of benzene rings is 1. The van der Waals surface area contributed by atoms with Gasteiger partial charge in [0, 0.05) is 6.54 Å². The van der Waals surface area contributed by atoms with Crippen LogP contribution in [0.5, 0.6) is 0 Å². The molecule has 20 heavy (non-hydrogen) atoms. The van der Waals surface area contributed by atoms with Crippen LogP contribution in [0.2, 0.25) is 0 Å². The van der Waals surface area contributed by atoms with Crippen molar-refractivity contribution in [2.24, 2.45) is 0 Å². The molecule has 0 radical (unpaired) electrons. The molecule has 1 aromatic carbocycles. The Morgan fingerprint density at radius 1 is 1.60 bits per heavy atom. The minimum atomic E-state index is -1.22. The molecule has 6 heteroatoms. The van der Waals surface area contributed by atoms with Gasteiger partial charge in [-0.1, -0.05) is 6.92 Å². The molecule has 0 aromatic heterocycles. The first-order valence-corrected chi connectivity index (χ1v) is 6.65. The van der Waals surface area contributed by atoms with Crippen molar-refractivity contribution in [1.82, 2.24) is 0 Å². The van der Waals surface area contributed by atoms with Gasteiger partial charge >= 0.3 is 5.97 Å². The van der Waals surface area contributed by atoms with Crippen LogP contribution in [0.15, 0.2) is 12.1 Å². The lowest BCUT2D eigenvalue weighted by Crippen LogP contribution is -2.49. The highest BCUT2D eigenvalue weighted by atomic mass is 19.1. The number of carbonyl (C=O) groups is 1. The van der Waals surface area contributed by atoms with E-state index in [0.717, 1.165) is 6.42 Å². The molecule has 1 heterocycles. The Bertz CT molecular complexity index is 521. The van der Waals surface area contributed by atoms with Crippen LogP contribution < -0.4 is 10.6 Å². The summed E-state index contributed by atoms with van der Waals surface area (Å²) in [5, 5.41) is 9.32. The van der Waals surface area contributed by atoms with Crippen molar-refractivity contribution in [3.8, 4) is 0 Å². The zero-order valence-electron chi connectivity index (χ0n) is 11.6. The van der Waals surface area contributed by atoms with E-state index in [-0.39, 0.29) is 23.4 Å². The first-order chi connectivity index (χ1) is 9.45. The summed E-state index contributed by atoms with van der Waals surface area (Å²) in [5.41, 5.74) is 5.57. The van der Waals surface area contributed by atoms with E-state index >= 15 is 0 Å². The highest BCUT2D eigenvalue weighted by molar-refractivity contribution is 6.00. The maximum atomic E-state index is 13.5. The van der Waals surface area contributed by atoms with Gasteiger partial charge in [-0.15, -0.1) is 0 Å². The van der Waals surface area contributed by atoms with Gasteiger partial charge in [-0.2, -0.15) is 0 Å². The number of carboxylic acid groups (broad SMARTS) is 1. The number of hydrogen-bond acceptors (Lipinski definition) is 4. The van der Waals surface area contributed by atoms with E-state index in [9.17, 15) is 14.3 Å². The lowest BCUT2D eigenvalue weighted by molar-refractivity contribution is 0.0297. The van der Waals surface area contributed by atoms with E-state index < -0.39 is 11.8 Å². The SMILES string of the molecule is CCC1COC(C)CN1c1ccc(F)c(N)c1C(=O)O. The summed E-state index contributed by atoms with van der Waals surface area (Å²) in [6.45, 7) is 5.01. The zero-order chi connectivity index (χ0) is 14.9. The van der Waals surface area contributed by atoms with Crippen LogP contribution in [-0.4, -0.2) is 36.4 Å². The predicted octanol–water partition coefficient (Wildman–Crippen LogP) is 2.11. The van der Waals surface area contributed by atoms with Crippen LogP contribution in [0.3, 0.4) is 0 Å². The number of carboxylic acids is 1. The molecule has 0 spiro atoms. The fourth-order valence-corrected chi connectivity index (χ4v) is 2.52. The monoisotopic (exact) mass is 282 g/mol. The fraction of sp³-hybridized carbons (Fsp3) is 0.500. The molecule has 0 aliphatic carbocycles. The largest absolute Gasteiger partial charge is 0.478 e. The van der Waals surface area contributed by atoms with E-state index in [2.05, 4.69) is 0 Å². The lowest BCUT2D eigenvalue weighted by atomic mass is 10.0. The minimum Gasteiger partial charge on any atom is -0.478 e. The second kappa shape index (κ2) is 5.66. The normalized spacial score (nSPS) is 22.9. The molecular weight excluding hydrogens is 263 g/mol. The number of halogens is 1. The lowest BCUT2D eigenvalue weighted by Gasteiger charge is -2.40. The number of hydrogen-bond donors (Lipinski definition) is 2. The van der Waals surface area contributed by atoms with Crippen LogP contribution in [0.25, 0.3) is 0 Å². The van der Waals surface area contributed by atoms with Gasteiger partial charge in [0.1, 0.15) is 11.4 Å². The molecule has 5 nitrogen and oxygen atoms in total. The maximum absolute atomic E-state index is 13.5. The third-order valence-electron chi connectivity index (χ3n) is 3.63. The van der Waals surface area contributed by atoms with Crippen molar-refractivity contribution in [2.75, 3.05) is 23.8 Å². The van der Waals surface area contributed by atoms with Crippen molar-refractivity contribution >= 4 is 17.3 Å². The molecule has 0 amide bonds. The van der Waals surface area contributed by atoms with Crippen LogP contribution in [0, 0.1) is 5.82 Å². The molecule has 2 rings (SSSR count). The van der Waals surface area contributed by atoms with E-state index in [1.165, 1.54) is 12.1 Å². The van der Waals surface area contributed by atoms with Gasteiger partial charge in [-0.25, -0.2) is 9.18 Å². The Kier molecular flexibility index (Phi) is 4.13. The molecular formula is C14H19FN2O3. The topological polar surface area (TPSA) is 75.8 Å². The molecule has 0 bridgehead atoms. The third kappa shape index (κ3) is 2.56. The first-order valence-electron chi connectivity index (χ1n) is 6.65. The van der Waals surface area contributed by atoms with E-state index in [1.807, 2.05) is 18.7 Å². The Morgan fingerprint density at radius 3 is 2.90 bits per heavy atom. The van der Waals surface area contributed by atoms with Gasteiger partial charge in [-0.3, -0.25) is 0 Å². The third-order valence-corrected chi connectivity index (χ3v) is 3.63. The summed E-state index contributed by atoms with van der Waals surface area (Å²) in [6.07, 6.45) is 0.800. The number of ether oxygens (including phenoxy) is 1. The van der Waals surface area contributed by atoms with Gasteiger partial charge in [0.05, 0.1) is 30.1 Å². The van der Waals surface area contributed by atoms with Crippen LogP contribution >= 0.6 is 0 Å². The van der Waals surface area contributed by atoms with Gasteiger partial charge in [0.25, 0.3) is 0 Å². The van der Waals surface area contributed by atoms with E-state index in [0.29, 0.717) is 18.8 Å². The Morgan fingerprint density at radius 2 is 2.30 bits per heavy atom. The second-order valence-electron chi connectivity index (χ2n) is 5.02. The summed E-state index contributed by atoms with van der Waals surface area (Å²) < 4.78 is 19.1. The molecule has 1 aliphatic rings. The number of nitrogens with two attached hydrogens (primary N) is 1. The Hall–Kier alpha value is -1.82. The average molecular weight is 282 g/mol. The highest BCUT2D eigenvalue weighted by Gasteiger charge is 2.30. The van der Waals surface area contributed by atoms with Gasteiger partial charge in [-0.05, 0) is 25.5 Å². The van der Waals surface area contributed by atoms with Crippen LogP contribution in [0.1, 0.15) is 30.6 Å². The molecule has 2 atom stereocenters. The van der Waals surface area contributed by atoms with Crippen molar-refractivity contribution in [3.63, 3.8) is 0 Å². The van der Waals surface area contributed by atoms with Crippen molar-refractivity contribution < 1.29 is 19.0 Å². The number of morpholine rings is 1. The molecule has 1 aliphatic heterocycles. The van der Waals surface area contributed by atoms with Crippen LogP contribution in [0.4, 0.5) is 15.8 Å². The van der Waals surface area contributed by atoms with Gasteiger partial charge in [0.2, 0.25) is 0 Å². The Balaban J connectivity index is 2.50. The number of nitrogens with zero attached hydrogens (tertiary/aromatic N) is 1. The fourth-order valence-electron chi connectivity index (χ4n) is 2.52. The Labute approximate surface area is 117 Å². The number of rotatable bonds is 3. The van der Waals surface area contributed by atoms with Crippen LogP contribution in [-0.2, 0) is 4.74 Å². The predicted molar refractivity (Wildman–Crippen MR) is 74.6 cm³/mol. The standard InChI is InChI=1S/C14H19FN2O3/c1-3-9-7-20-8(2)6-17(9)11-5-4-10(15)13(16)12(11)14(18)19/h4-5,8-9H,3,6-7,16H2,1-2H3,(H,18,19). The van der Waals surface area contributed by atoms with Crippen molar-refractivity contribution in [1.29, 1.82) is 0 Å². The molecule has 3 N–H and O–H groups in total. The summed E-state index contributed by atoms with van der Waals surface area (Å²) in [4.78, 5) is 13.4. The molecule has 110 valence electrons. The number of nitrogen functional groups attached to an aromatic ring is 1. The van der Waals surface area contributed by atoms with E-state index in [4.69, 9.17) is 10.5 Å². The molecule has 2 unspecified atom stereocenters. The molecule has 1 fully saturated rings. The maximum Gasteiger partial charge on any atom is 0.340 e. The van der Waals surface area contributed by atoms with E-state index in [1.54, 1.807) is 0 Å².